The largest absolute Gasteiger partial charge is 0.478 e. The lowest BCUT2D eigenvalue weighted by atomic mass is 9.75. The van der Waals surface area contributed by atoms with Gasteiger partial charge in [-0.2, -0.15) is 0 Å². The molecule has 1 aliphatic heterocycles. The Kier molecular flexibility index (Phi) is 4.76. The normalized spacial score (nSPS) is 26.9. The van der Waals surface area contributed by atoms with Crippen molar-refractivity contribution in [2.45, 2.75) is 38.6 Å². The smallest absolute Gasteiger partial charge is 0.328 e. The molecule has 0 radical (unpaired) electrons. The van der Waals surface area contributed by atoms with Gasteiger partial charge in [-0.3, -0.25) is 4.90 Å². The molecular weight excluding hydrogens is 282 g/mol. The first-order chi connectivity index (χ1) is 10.2. The molecule has 3 rings (SSSR count). The fourth-order valence-electron chi connectivity index (χ4n) is 3.81. The molecule has 0 spiro atoms. The van der Waals surface area contributed by atoms with E-state index in [1.165, 1.54) is 56.1 Å². The number of carboxylic acids is 1. The van der Waals surface area contributed by atoms with Gasteiger partial charge in [0.25, 0.3) is 0 Å². The molecule has 1 aromatic heterocycles. The van der Waals surface area contributed by atoms with Crippen molar-refractivity contribution in [1.29, 1.82) is 0 Å². The zero-order chi connectivity index (χ0) is 14.7. The van der Waals surface area contributed by atoms with E-state index in [0.29, 0.717) is 0 Å². The van der Waals surface area contributed by atoms with Gasteiger partial charge in [0.05, 0.1) is 0 Å². The molecule has 0 bridgehead atoms. The Morgan fingerprint density at radius 1 is 1.33 bits per heavy atom. The fraction of sp³-hybridized carbons (Fsp3) is 0.588. The van der Waals surface area contributed by atoms with Crippen molar-refractivity contribution in [2.75, 3.05) is 13.1 Å². The summed E-state index contributed by atoms with van der Waals surface area (Å²) in [4.78, 5) is 14.5. The van der Waals surface area contributed by atoms with Crippen molar-refractivity contribution in [1.82, 2.24) is 4.90 Å². The average molecular weight is 305 g/mol. The van der Waals surface area contributed by atoms with Crippen LogP contribution in [0.1, 0.15) is 42.5 Å². The first-order valence-corrected chi connectivity index (χ1v) is 8.80. The Morgan fingerprint density at radius 3 is 2.95 bits per heavy atom. The second-order valence-electron chi connectivity index (χ2n) is 6.30. The lowest BCUT2D eigenvalue weighted by Gasteiger charge is -2.41. The van der Waals surface area contributed by atoms with E-state index in [-0.39, 0.29) is 0 Å². The molecule has 0 aromatic carbocycles. The zero-order valence-electron chi connectivity index (χ0n) is 12.3. The standard InChI is InChI=1S/C17H23NO2S/c19-17(20)6-5-14-8-10-21-16(14)12-18-9-7-13-3-1-2-4-15(13)11-18/h5-6,8,10,13,15H,1-4,7,9,11-12H2,(H,19,20). The van der Waals surface area contributed by atoms with Gasteiger partial charge in [0.15, 0.2) is 0 Å². The maximum atomic E-state index is 10.7. The van der Waals surface area contributed by atoms with Crippen molar-refractivity contribution >= 4 is 23.4 Å². The fourth-order valence-corrected chi connectivity index (χ4v) is 4.72. The predicted molar refractivity (Wildman–Crippen MR) is 86.3 cm³/mol. The highest BCUT2D eigenvalue weighted by Crippen LogP contribution is 2.36. The number of fused-ring (bicyclic) bond motifs is 1. The average Bonchev–Trinajstić information content (AvgIpc) is 2.92. The van der Waals surface area contributed by atoms with Crippen molar-refractivity contribution in [3.05, 3.63) is 28.0 Å². The highest BCUT2D eigenvalue weighted by Gasteiger charge is 2.31. The molecule has 2 fully saturated rings. The van der Waals surface area contributed by atoms with Gasteiger partial charge < -0.3 is 5.11 Å². The molecule has 4 heteroatoms. The molecule has 1 aromatic rings. The molecule has 2 unspecified atom stereocenters. The van der Waals surface area contributed by atoms with Crippen LogP contribution in [-0.4, -0.2) is 29.1 Å². The van der Waals surface area contributed by atoms with E-state index >= 15 is 0 Å². The summed E-state index contributed by atoms with van der Waals surface area (Å²) in [5, 5.41) is 10.8. The van der Waals surface area contributed by atoms with Gasteiger partial charge in [-0.25, -0.2) is 4.79 Å². The summed E-state index contributed by atoms with van der Waals surface area (Å²) in [6.07, 6.45) is 9.97. The van der Waals surface area contributed by atoms with Gasteiger partial charge in [-0.1, -0.05) is 19.3 Å². The number of piperidine rings is 1. The molecule has 114 valence electrons. The van der Waals surface area contributed by atoms with E-state index in [4.69, 9.17) is 5.11 Å². The number of likely N-dealkylation sites (tertiary alicyclic amines) is 1. The molecule has 2 atom stereocenters. The minimum Gasteiger partial charge on any atom is -0.478 e. The Bertz CT molecular complexity index is 523. The van der Waals surface area contributed by atoms with Crippen LogP contribution in [0.25, 0.3) is 6.08 Å². The summed E-state index contributed by atoms with van der Waals surface area (Å²) in [7, 11) is 0. The maximum Gasteiger partial charge on any atom is 0.328 e. The Morgan fingerprint density at radius 2 is 2.14 bits per heavy atom. The number of hydrogen-bond donors (Lipinski definition) is 1. The van der Waals surface area contributed by atoms with Gasteiger partial charge >= 0.3 is 5.97 Å². The Balaban J connectivity index is 1.62. The van der Waals surface area contributed by atoms with E-state index in [9.17, 15) is 4.79 Å². The second kappa shape index (κ2) is 6.75. The molecule has 2 aliphatic rings. The monoisotopic (exact) mass is 305 g/mol. The highest BCUT2D eigenvalue weighted by molar-refractivity contribution is 7.10. The van der Waals surface area contributed by atoms with Crippen LogP contribution in [0.4, 0.5) is 0 Å². The van der Waals surface area contributed by atoms with E-state index in [1.807, 2.05) is 6.07 Å². The van der Waals surface area contributed by atoms with Crippen molar-refractivity contribution < 1.29 is 9.90 Å². The number of nitrogens with zero attached hydrogens (tertiary/aromatic N) is 1. The number of carbonyl (C=O) groups is 1. The third-order valence-corrected chi connectivity index (χ3v) is 5.85. The number of thiophene rings is 1. The van der Waals surface area contributed by atoms with Crippen LogP contribution in [-0.2, 0) is 11.3 Å². The lowest BCUT2D eigenvalue weighted by Crippen LogP contribution is -2.41. The first-order valence-electron chi connectivity index (χ1n) is 7.92. The van der Waals surface area contributed by atoms with E-state index in [1.54, 1.807) is 17.4 Å². The SMILES string of the molecule is O=C(O)C=Cc1ccsc1CN1CCC2CCCCC2C1. The van der Waals surface area contributed by atoms with Crippen LogP contribution < -0.4 is 0 Å². The molecule has 2 heterocycles. The third-order valence-electron chi connectivity index (χ3n) is 4.93. The topological polar surface area (TPSA) is 40.5 Å². The van der Waals surface area contributed by atoms with E-state index < -0.39 is 5.97 Å². The third kappa shape index (κ3) is 3.74. The quantitative estimate of drug-likeness (QED) is 0.859. The summed E-state index contributed by atoms with van der Waals surface area (Å²) in [5.74, 6) is 0.977. The van der Waals surface area contributed by atoms with Crippen molar-refractivity contribution in [3.63, 3.8) is 0 Å². The Labute approximate surface area is 130 Å². The molecule has 0 amide bonds. The maximum absolute atomic E-state index is 10.7. The summed E-state index contributed by atoms with van der Waals surface area (Å²) >= 11 is 1.74. The zero-order valence-corrected chi connectivity index (χ0v) is 13.1. The molecule has 1 aliphatic carbocycles. The summed E-state index contributed by atoms with van der Waals surface area (Å²) in [6, 6.07) is 2.02. The molecule has 3 nitrogen and oxygen atoms in total. The summed E-state index contributed by atoms with van der Waals surface area (Å²) in [5.41, 5.74) is 1.06. The predicted octanol–water partition coefficient (Wildman–Crippen LogP) is 3.86. The lowest BCUT2D eigenvalue weighted by molar-refractivity contribution is -0.131. The minimum atomic E-state index is -0.879. The number of hydrogen-bond acceptors (Lipinski definition) is 3. The van der Waals surface area contributed by atoms with Crippen LogP contribution in [0.15, 0.2) is 17.5 Å². The summed E-state index contributed by atoms with van der Waals surface area (Å²) in [6.45, 7) is 3.39. The molecule has 1 saturated heterocycles. The van der Waals surface area contributed by atoms with Gasteiger partial charge in [-0.05, 0) is 54.3 Å². The number of rotatable bonds is 4. The Hall–Kier alpha value is -1.13. The van der Waals surface area contributed by atoms with Gasteiger partial charge in [-0.15, -0.1) is 11.3 Å². The van der Waals surface area contributed by atoms with Gasteiger partial charge in [0.2, 0.25) is 0 Å². The van der Waals surface area contributed by atoms with Crippen LogP contribution in [0.5, 0.6) is 0 Å². The number of carboxylic acid groups (broad SMARTS) is 1. The highest BCUT2D eigenvalue weighted by atomic mass is 32.1. The minimum absolute atomic E-state index is 0.879. The molecule has 21 heavy (non-hydrogen) atoms. The van der Waals surface area contributed by atoms with E-state index in [0.717, 1.165) is 23.9 Å². The van der Waals surface area contributed by atoms with Crippen LogP contribution in [0.3, 0.4) is 0 Å². The van der Waals surface area contributed by atoms with Crippen LogP contribution >= 0.6 is 11.3 Å². The number of aliphatic carboxylic acids is 1. The van der Waals surface area contributed by atoms with Crippen molar-refractivity contribution in [2.24, 2.45) is 11.8 Å². The second-order valence-corrected chi connectivity index (χ2v) is 7.30. The van der Waals surface area contributed by atoms with Crippen LogP contribution in [0.2, 0.25) is 0 Å². The van der Waals surface area contributed by atoms with Crippen molar-refractivity contribution in [3.8, 4) is 0 Å². The van der Waals surface area contributed by atoms with Gasteiger partial charge in [0, 0.05) is 24.0 Å². The molecule has 1 N–H and O–H groups in total. The summed E-state index contributed by atoms with van der Waals surface area (Å²) < 4.78 is 0. The first kappa shape index (κ1) is 14.8. The van der Waals surface area contributed by atoms with Crippen LogP contribution in [0, 0.1) is 11.8 Å². The van der Waals surface area contributed by atoms with E-state index in [2.05, 4.69) is 10.3 Å². The van der Waals surface area contributed by atoms with Gasteiger partial charge in [0.1, 0.15) is 0 Å². The molecular formula is C17H23NO2S. The molecule has 1 saturated carbocycles.